The van der Waals surface area contributed by atoms with Gasteiger partial charge in [-0.2, -0.15) is 13.2 Å². The molecule has 0 N–H and O–H groups in total. The number of carbonyl (C=O) groups is 1. The summed E-state index contributed by atoms with van der Waals surface area (Å²) in [5.41, 5.74) is -1.84. The topological polar surface area (TPSA) is 47.9 Å². The SMILES string of the molecule is COC(=O)c1ccc(CC2=NOC(c3cc(Br)c(F)c(Br)c3)(C(F)(F)F)C2)cc1. The fourth-order valence-corrected chi connectivity index (χ4v) is 4.15. The molecule has 4 nitrogen and oxygen atoms in total. The molecule has 0 aromatic heterocycles. The Morgan fingerprint density at radius 1 is 1.21 bits per heavy atom. The molecule has 0 fully saturated rings. The Kier molecular flexibility index (Phi) is 6.05. The predicted octanol–water partition coefficient (Wildman–Crippen LogP) is 5.91. The van der Waals surface area contributed by atoms with Gasteiger partial charge in [0.25, 0.3) is 5.60 Å². The third kappa shape index (κ3) is 4.18. The predicted molar refractivity (Wildman–Crippen MR) is 104 cm³/mol. The van der Waals surface area contributed by atoms with E-state index in [1.165, 1.54) is 19.2 Å². The summed E-state index contributed by atoms with van der Waals surface area (Å²) in [6.45, 7) is 0. The minimum absolute atomic E-state index is 0.100. The second-order valence-electron chi connectivity index (χ2n) is 6.37. The molecule has 1 unspecified atom stereocenters. The van der Waals surface area contributed by atoms with Crippen LogP contribution in [0.15, 0.2) is 50.5 Å². The first-order valence-corrected chi connectivity index (χ1v) is 9.79. The normalized spacial score (nSPS) is 18.9. The Morgan fingerprint density at radius 3 is 2.31 bits per heavy atom. The molecule has 29 heavy (non-hydrogen) atoms. The van der Waals surface area contributed by atoms with Gasteiger partial charge in [0.15, 0.2) is 5.82 Å². The highest BCUT2D eigenvalue weighted by atomic mass is 79.9. The largest absolute Gasteiger partial charge is 0.465 e. The number of ether oxygens (including phenoxy) is 1. The highest BCUT2D eigenvalue weighted by Crippen LogP contribution is 2.49. The molecule has 0 aliphatic carbocycles. The maximum Gasteiger partial charge on any atom is 0.435 e. The Balaban J connectivity index is 1.86. The number of esters is 1. The molecule has 0 bridgehead atoms. The monoisotopic (exact) mass is 537 g/mol. The minimum Gasteiger partial charge on any atom is -0.465 e. The van der Waals surface area contributed by atoms with E-state index < -0.39 is 30.0 Å². The summed E-state index contributed by atoms with van der Waals surface area (Å²) in [6, 6.07) is 8.32. The number of carbonyl (C=O) groups excluding carboxylic acids is 1. The van der Waals surface area contributed by atoms with Crippen molar-refractivity contribution in [1.29, 1.82) is 0 Å². The summed E-state index contributed by atoms with van der Waals surface area (Å²) in [4.78, 5) is 16.4. The molecular formula is C19H13Br2F4NO3. The van der Waals surface area contributed by atoms with Crippen LogP contribution in [-0.2, 0) is 21.6 Å². The Hall–Kier alpha value is -1.94. The van der Waals surface area contributed by atoms with Crippen LogP contribution in [0.2, 0.25) is 0 Å². The summed E-state index contributed by atoms with van der Waals surface area (Å²) in [7, 11) is 1.25. The molecule has 1 atom stereocenters. The zero-order valence-corrected chi connectivity index (χ0v) is 18.0. The third-order valence-electron chi connectivity index (χ3n) is 4.47. The van der Waals surface area contributed by atoms with Crippen LogP contribution in [0.5, 0.6) is 0 Å². The van der Waals surface area contributed by atoms with Gasteiger partial charge in [-0.1, -0.05) is 17.3 Å². The van der Waals surface area contributed by atoms with Crippen molar-refractivity contribution in [2.24, 2.45) is 5.16 Å². The molecule has 1 aliphatic rings. The van der Waals surface area contributed by atoms with Gasteiger partial charge in [0, 0.05) is 18.4 Å². The second-order valence-corrected chi connectivity index (χ2v) is 8.08. The molecule has 0 saturated heterocycles. The van der Waals surface area contributed by atoms with Gasteiger partial charge in [0.1, 0.15) is 0 Å². The molecular weight excluding hydrogens is 526 g/mol. The molecule has 154 valence electrons. The number of methoxy groups -OCH3 is 1. The Morgan fingerprint density at radius 2 is 1.79 bits per heavy atom. The van der Waals surface area contributed by atoms with Crippen LogP contribution in [-0.4, -0.2) is 25.0 Å². The lowest BCUT2D eigenvalue weighted by atomic mass is 9.87. The lowest BCUT2D eigenvalue weighted by Crippen LogP contribution is -2.42. The quantitative estimate of drug-likeness (QED) is 0.276. The fraction of sp³-hybridized carbons (Fsp3) is 0.263. The minimum atomic E-state index is -4.79. The number of rotatable bonds is 4. The fourth-order valence-electron chi connectivity index (χ4n) is 2.96. The molecule has 1 aliphatic heterocycles. The van der Waals surface area contributed by atoms with Gasteiger partial charge in [0.05, 0.1) is 27.3 Å². The molecule has 0 saturated carbocycles. The van der Waals surface area contributed by atoms with Gasteiger partial charge in [-0.3, -0.25) is 0 Å². The van der Waals surface area contributed by atoms with E-state index in [-0.39, 0.29) is 26.6 Å². The second kappa shape index (κ2) is 8.06. The van der Waals surface area contributed by atoms with E-state index in [0.29, 0.717) is 11.1 Å². The standard InChI is InChI=1S/C19H13Br2F4NO3/c1-28-17(27)11-4-2-10(3-5-11)6-13-9-18(29-26-13,19(23,24)25)12-7-14(20)16(22)15(21)8-12/h2-5,7-8H,6,9H2,1H3. The number of hydrogen-bond donors (Lipinski definition) is 0. The van der Waals surface area contributed by atoms with Crippen LogP contribution >= 0.6 is 31.9 Å². The number of oxime groups is 1. The lowest BCUT2D eigenvalue weighted by molar-refractivity contribution is -0.275. The van der Waals surface area contributed by atoms with E-state index >= 15 is 0 Å². The summed E-state index contributed by atoms with van der Waals surface area (Å²) >= 11 is 5.85. The van der Waals surface area contributed by atoms with Crippen molar-refractivity contribution in [2.45, 2.75) is 24.6 Å². The average Bonchev–Trinajstić information content (AvgIpc) is 3.11. The Bertz CT molecular complexity index is 953. The molecule has 2 aromatic rings. The van der Waals surface area contributed by atoms with Crippen LogP contribution in [0.3, 0.4) is 0 Å². The molecule has 0 spiro atoms. The highest BCUT2D eigenvalue weighted by molar-refractivity contribution is 9.11. The van der Waals surface area contributed by atoms with E-state index in [4.69, 9.17) is 4.84 Å². The molecule has 2 aromatic carbocycles. The van der Waals surface area contributed by atoms with Crippen molar-refractivity contribution in [2.75, 3.05) is 7.11 Å². The number of alkyl halides is 3. The maximum absolute atomic E-state index is 14.0. The van der Waals surface area contributed by atoms with Gasteiger partial charge in [-0.15, -0.1) is 0 Å². The molecule has 0 radical (unpaired) electrons. The number of nitrogens with zero attached hydrogens (tertiary/aromatic N) is 1. The molecule has 0 amide bonds. The first-order valence-electron chi connectivity index (χ1n) is 8.20. The van der Waals surface area contributed by atoms with Crippen molar-refractivity contribution >= 4 is 43.5 Å². The highest BCUT2D eigenvalue weighted by Gasteiger charge is 2.62. The Labute approximate surface area is 180 Å². The first-order chi connectivity index (χ1) is 13.6. The zero-order chi connectivity index (χ0) is 21.4. The maximum atomic E-state index is 14.0. The molecule has 3 rings (SSSR count). The average molecular weight is 539 g/mol. The van der Waals surface area contributed by atoms with Crippen molar-refractivity contribution in [3.8, 4) is 0 Å². The molecule has 10 heteroatoms. The summed E-state index contributed by atoms with van der Waals surface area (Å²) in [5.74, 6) is -1.22. The van der Waals surface area contributed by atoms with Gasteiger partial charge >= 0.3 is 12.1 Å². The van der Waals surface area contributed by atoms with Crippen LogP contribution in [0.25, 0.3) is 0 Å². The van der Waals surface area contributed by atoms with Crippen molar-refractivity contribution in [3.63, 3.8) is 0 Å². The van der Waals surface area contributed by atoms with Gasteiger partial charge in [-0.05, 0) is 61.7 Å². The van der Waals surface area contributed by atoms with Crippen LogP contribution in [0, 0.1) is 5.82 Å². The van der Waals surface area contributed by atoms with Crippen LogP contribution < -0.4 is 0 Å². The van der Waals surface area contributed by atoms with E-state index in [1.807, 2.05) is 0 Å². The van der Waals surface area contributed by atoms with Gasteiger partial charge in [0.2, 0.25) is 0 Å². The molecule has 1 heterocycles. The zero-order valence-electron chi connectivity index (χ0n) is 14.8. The lowest BCUT2D eigenvalue weighted by Gasteiger charge is -2.30. The van der Waals surface area contributed by atoms with E-state index in [0.717, 1.165) is 12.1 Å². The van der Waals surface area contributed by atoms with E-state index in [9.17, 15) is 22.4 Å². The van der Waals surface area contributed by atoms with Gasteiger partial charge < -0.3 is 9.57 Å². The van der Waals surface area contributed by atoms with E-state index in [2.05, 4.69) is 41.8 Å². The number of hydrogen-bond acceptors (Lipinski definition) is 4. The van der Waals surface area contributed by atoms with Crippen molar-refractivity contribution in [3.05, 3.63) is 67.9 Å². The van der Waals surface area contributed by atoms with E-state index in [1.54, 1.807) is 12.1 Å². The van der Waals surface area contributed by atoms with Crippen LogP contribution in [0.4, 0.5) is 17.6 Å². The van der Waals surface area contributed by atoms with Crippen molar-refractivity contribution < 1.29 is 31.9 Å². The summed E-state index contributed by atoms with van der Waals surface area (Å²) in [6.07, 6.45) is -5.23. The summed E-state index contributed by atoms with van der Waals surface area (Å²) in [5, 5.41) is 3.66. The van der Waals surface area contributed by atoms with Crippen LogP contribution in [0.1, 0.15) is 27.9 Å². The van der Waals surface area contributed by atoms with Crippen molar-refractivity contribution in [1.82, 2.24) is 0 Å². The number of halogens is 6. The smallest absolute Gasteiger partial charge is 0.435 e. The third-order valence-corrected chi connectivity index (χ3v) is 5.63. The first kappa shape index (κ1) is 21.8. The number of benzene rings is 2. The summed E-state index contributed by atoms with van der Waals surface area (Å²) < 4.78 is 60.1. The van der Waals surface area contributed by atoms with Gasteiger partial charge in [-0.25, -0.2) is 9.18 Å².